The van der Waals surface area contributed by atoms with Gasteiger partial charge in [0.2, 0.25) is 5.91 Å². The Labute approximate surface area is 108 Å². The molecule has 0 spiro atoms. The highest BCUT2D eigenvalue weighted by Gasteiger charge is 2.08. The quantitative estimate of drug-likeness (QED) is 0.840. The molecule has 0 saturated carbocycles. The van der Waals surface area contributed by atoms with Crippen LogP contribution in [0.4, 0.5) is 5.69 Å². The predicted molar refractivity (Wildman–Crippen MR) is 68.5 cm³/mol. The number of halogens is 2. The maximum Gasteiger partial charge on any atom is 0.225 e. The topological polar surface area (TPSA) is 68.0 Å². The van der Waals surface area contributed by atoms with Gasteiger partial charge in [-0.05, 0) is 28.4 Å². The van der Waals surface area contributed by atoms with Crippen molar-refractivity contribution >= 4 is 39.1 Å². The summed E-state index contributed by atoms with van der Waals surface area (Å²) in [7, 11) is 0. The van der Waals surface area contributed by atoms with Crippen LogP contribution in [0, 0.1) is 0 Å². The number of rotatable bonds is 4. The second-order valence-electron chi connectivity index (χ2n) is 3.42. The summed E-state index contributed by atoms with van der Waals surface area (Å²) >= 11 is 8.96. The lowest BCUT2D eigenvalue weighted by Gasteiger charge is -2.09. The van der Waals surface area contributed by atoms with Gasteiger partial charge in [-0.15, -0.1) is 0 Å². The molecule has 88 valence electrons. The van der Waals surface area contributed by atoms with E-state index in [0.29, 0.717) is 21.7 Å². The van der Waals surface area contributed by atoms with E-state index < -0.39 is 0 Å². The molecule has 0 radical (unpaired) electrons. The van der Waals surface area contributed by atoms with E-state index in [2.05, 4.69) is 26.2 Å². The minimum Gasteiger partial charge on any atom is -0.327 e. The van der Waals surface area contributed by atoms with Gasteiger partial charge in [0.1, 0.15) is 5.15 Å². The van der Waals surface area contributed by atoms with Crippen molar-refractivity contribution in [3.8, 4) is 0 Å². The molecule has 0 bridgehead atoms. The maximum atomic E-state index is 11.5. The zero-order valence-corrected chi connectivity index (χ0v) is 11.2. The van der Waals surface area contributed by atoms with Crippen molar-refractivity contribution in [2.45, 2.75) is 25.8 Å². The Kier molecular flexibility index (Phi) is 5.18. The highest BCUT2D eigenvalue weighted by molar-refractivity contribution is 9.10. The van der Waals surface area contributed by atoms with Crippen LogP contribution in [-0.2, 0) is 4.79 Å². The number of anilines is 1. The lowest BCUT2D eigenvalue weighted by atomic mass is 10.1. The average Bonchev–Trinajstić information content (AvgIpc) is 2.23. The SMILES string of the molecule is CCC(N)CC(=O)Nc1cnc(Cl)c(Br)c1. The molecule has 1 atom stereocenters. The van der Waals surface area contributed by atoms with Crippen molar-refractivity contribution < 1.29 is 4.79 Å². The Bertz CT molecular complexity index is 386. The Balaban J connectivity index is 2.59. The first-order valence-electron chi connectivity index (χ1n) is 4.89. The molecule has 0 aliphatic carbocycles. The Morgan fingerprint density at radius 2 is 2.44 bits per heavy atom. The lowest BCUT2D eigenvalue weighted by Crippen LogP contribution is -2.26. The summed E-state index contributed by atoms with van der Waals surface area (Å²) in [5, 5.41) is 3.07. The minimum absolute atomic E-state index is 0.108. The Hall–Kier alpha value is -0.650. The number of pyridine rings is 1. The molecule has 0 fully saturated rings. The standard InChI is InChI=1S/C10H13BrClN3O/c1-2-6(13)3-9(16)15-7-4-8(11)10(12)14-5-7/h4-6H,2-3,13H2,1H3,(H,15,16). The molecule has 1 aromatic heterocycles. The van der Waals surface area contributed by atoms with E-state index in [0.717, 1.165) is 6.42 Å². The summed E-state index contributed by atoms with van der Waals surface area (Å²) < 4.78 is 0.645. The van der Waals surface area contributed by atoms with Crippen molar-refractivity contribution in [2.75, 3.05) is 5.32 Å². The van der Waals surface area contributed by atoms with Crippen molar-refractivity contribution in [3.05, 3.63) is 21.9 Å². The number of carbonyl (C=O) groups is 1. The molecule has 3 N–H and O–H groups in total. The number of hydrogen-bond donors (Lipinski definition) is 2. The van der Waals surface area contributed by atoms with E-state index in [1.807, 2.05) is 6.92 Å². The third kappa shape index (κ3) is 4.08. The third-order valence-electron chi connectivity index (χ3n) is 2.05. The summed E-state index contributed by atoms with van der Waals surface area (Å²) in [5.41, 5.74) is 6.28. The van der Waals surface area contributed by atoms with Gasteiger partial charge in [-0.25, -0.2) is 4.98 Å². The van der Waals surface area contributed by atoms with Gasteiger partial charge in [0, 0.05) is 12.5 Å². The first kappa shape index (κ1) is 13.4. The number of carbonyl (C=O) groups excluding carboxylic acids is 1. The van der Waals surface area contributed by atoms with Gasteiger partial charge in [-0.3, -0.25) is 4.79 Å². The molecule has 1 unspecified atom stereocenters. The normalized spacial score (nSPS) is 12.2. The van der Waals surface area contributed by atoms with E-state index in [9.17, 15) is 4.79 Å². The fraction of sp³-hybridized carbons (Fsp3) is 0.400. The van der Waals surface area contributed by atoms with Crippen LogP contribution < -0.4 is 11.1 Å². The van der Waals surface area contributed by atoms with E-state index in [1.54, 1.807) is 6.07 Å². The van der Waals surface area contributed by atoms with Gasteiger partial charge in [0.25, 0.3) is 0 Å². The summed E-state index contributed by atoms with van der Waals surface area (Å²) in [6.07, 6.45) is 2.58. The molecule has 1 aromatic rings. The third-order valence-corrected chi connectivity index (χ3v) is 3.19. The van der Waals surface area contributed by atoms with Gasteiger partial charge >= 0.3 is 0 Å². The van der Waals surface area contributed by atoms with E-state index >= 15 is 0 Å². The van der Waals surface area contributed by atoms with Crippen molar-refractivity contribution in [2.24, 2.45) is 5.73 Å². The highest BCUT2D eigenvalue weighted by atomic mass is 79.9. The summed E-state index contributed by atoms with van der Waals surface area (Å²) in [4.78, 5) is 15.4. The number of nitrogens with one attached hydrogen (secondary N) is 1. The molecular formula is C10H13BrClN3O. The van der Waals surface area contributed by atoms with Crippen molar-refractivity contribution in [1.29, 1.82) is 0 Å². The molecule has 16 heavy (non-hydrogen) atoms. The van der Waals surface area contributed by atoms with E-state index in [4.69, 9.17) is 17.3 Å². The molecule has 1 heterocycles. The molecule has 0 saturated heterocycles. The summed E-state index contributed by atoms with van der Waals surface area (Å²) in [6, 6.07) is 1.59. The fourth-order valence-electron chi connectivity index (χ4n) is 1.08. The average molecular weight is 307 g/mol. The molecule has 0 aliphatic rings. The van der Waals surface area contributed by atoms with Crippen LogP contribution in [0.1, 0.15) is 19.8 Å². The van der Waals surface area contributed by atoms with Crippen LogP contribution in [0.25, 0.3) is 0 Å². The molecule has 1 amide bonds. The second-order valence-corrected chi connectivity index (χ2v) is 4.63. The highest BCUT2D eigenvalue weighted by Crippen LogP contribution is 2.22. The molecular weight excluding hydrogens is 293 g/mol. The lowest BCUT2D eigenvalue weighted by molar-refractivity contribution is -0.116. The summed E-state index contributed by atoms with van der Waals surface area (Å²) in [5.74, 6) is -0.120. The van der Waals surface area contributed by atoms with Gasteiger partial charge in [0.15, 0.2) is 0 Å². The van der Waals surface area contributed by atoms with Gasteiger partial charge in [0.05, 0.1) is 16.4 Å². The van der Waals surface area contributed by atoms with Crippen molar-refractivity contribution in [1.82, 2.24) is 4.98 Å². The summed E-state index contributed by atoms with van der Waals surface area (Å²) in [6.45, 7) is 1.94. The number of amides is 1. The Morgan fingerprint density at radius 3 is 3.00 bits per heavy atom. The molecule has 0 aromatic carbocycles. The van der Waals surface area contributed by atoms with Crippen LogP contribution in [0.3, 0.4) is 0 Å². The van der Waals surface area contributed by atoms with Crippen LogP contribution in [-0.4, -0.2) is 16.9 Å². The first-order valence-corrected chi connectivity index (χ1v) is 6.06. The predicted octanol–water partition coefficient (Wildman–Crippen LogP) is 2.56. The number of nitrogens with zero attached hydrogens (tertiary/aromatic N) is 1. The van der Waals surface area contributed by atoms with E-state index in [-0.39, 0.29) is 11.9 Å². The van der Waals surface area contributed by atoms with Crippen LogP contribution >= 0.6 is 27.5 Å². The van der Waals surface area contributed by atoms with Crippen LogP contribution in [0.2, 0.25) is 5.15 Å². The number of aromatic nitrogens is 1. The second kappa shape index (κ2) is 6.18. The smallest absolute Gasteiger partial charge is 0.225 e. The fourth-order valence-corrected chi connectivity index (χ4v) is 1.54. The monoisotopic (exact) mass is 305 g/mol. The van der Waals surface area contributed by atoms with Crippen LogP contribution in [0.5, 0.6) is 0 Å². The zero-order valence-electron chi connectivity index (χ0n) is 8.84. The number of nitrogens with two attached hydrogens (primary N) is 1. The molecule has 0 aliphatic heterocycles. The molecule has 6 heteroatoms. The molecule has 4 nitrogen and oxygen atoms in total. The molecule has 1 rings (SSSR count). The Morgan fingerprint density at radius 1 is 1.75 bits per heavy atom. The number of hydrogen-bond acceptors (Lipinski definition) is 3. The zero-order chi connectivity index (χ0) is 12.1. The van der Waals surface area contributed by atoms with Crippen LogP contribution in [0.15, 0.2) is 16.7 Å². The minimum atomic E-state index is -0.120. The van der Waals surface area contributed by atoms with Gasteiger partial charge in [-0.2, -0.15) is 0 Å². The van der Waals surface area contributed by atoms with E-state index in [1.165, 1.54) is 6.20 Å². The van der Waals surface area contributed by atoms with Gasteiger partial charge in [-0.1, -0.05) is 18.5 Å². The van der Waals surface area contributed by atoms with Crippen molar-refractivity contribution in [3.63, 3.8) is 0 Å². The maximum absolute atomic E-state index is 11.5. The van der Waals surface area contributed by atoms with Gasteiger partial charge < -0.3 is 11.1 Å². The first-order chi connectivity index (χ1) is 7.52. The largest absolute Gasteiger partial charge is 0.327 e.